The smallest absolute Gasteiger partial charge is 0.293 e. The Bertz CT molecular complexity index is 673. The predicted octanol–water partition coefficient (Wildman–Crippen LogP) is 2.71. The van der Waals surface area contributed by atoms with Crippen LogP contribution in [-0.4, -0.2) is 16.1 Å². The van der Waals surface area contributed by atoms with Gasteiger partial charge in [0.05, 0.1) is 12.5 Å². The molecule has 2 rings (SSSR count). The lowest BCUT2D eigenvalue weighted by atomic mass is 10.2. The zero-order valence-corrected chi connectivity index (χ0v) is 12.1. The van der Waals surface area contributed by atoms with Crippen LogP contribution in [0.1, 0.15) is 19.8 Å². The minimum atomic E-state index is -0.124. The Morgan fingerprint density at radius 2 is 2.10 bits per heavy atom. The maximum absolute atomic E-state index is 12.5. The molecule has 0 bridgehead atoms. The Morgan fingerprint density at radius 3 is 2.76 bits per heavy atom. The highest BCUT2D eigenvalue weighted by Gasteiger charge is 2.15. The summed E-state index contributed by atoms with van der Waals surface area (Å²) < 4.78 is 1.66. The molecular formula is C16H18N4O. The van der Waals surface area contributed by atoms with Crippen LogP contribution in [0.2, 0.25) is 0 Å². The summed E-state index contributed by atoms with van der Waals surface area (Å²) in [4.78, 5) is 18.5. The van der Waals surface area contributed by atoms with Gasteiger partial charge in [-0.2, -0.15) is 5.26 Å². The molecule has 0 spiro atoms. The molecule has 5 nitrogen and oxygen atoms in total. The van der Waals surface area contributed by atoms with Crippen molar-refractivity contribution in [2.45, 2.75) is 26.3 Å². The van der Waals surface area contributed by atoms with Crippen molar-refractivity contribution >= 4 is 11.5 Å². The predicted molar refractivity (Wildman–Crippen MR) is 82.5 cm³/mol. The molecule has 108 valence electrons. The highest BCUT2D eigenvalue weighted by molar-refractivity contribution is 5.58. The van der Waals surface area contributed by atoms with Gasteiger partial charge in [0.25, 0.3) is 5.56 Å². The average molecular weight is 282 g/mol. The van der Waals surface area contributed by atoms with E-state index in [0.717, 1.165) is 12.1 Å². The topological polar surface area (TPSA) is 61.9 Å². The number of nitriles is 1. The molecule has 0 N–H and O–H groups in total. The van der Waals surface area contributed by atoms with Gasteiger partial charge in [0.2, 0.25) is 0 Å². The van der Waals surface area contributed by atoms with Gasteiger partial charge in [0.1, 0.15) is 0 Å². The summed E-state index contributed by atoms with van der Waals surface area (Å²) in [6.45, 7) is 3.13. The quantitative estimate of drug-likeness (QED) is 0.817. The summed E-state index contributed by atoms with van der Waals surface area (Å²) >= 11 is 0. The van der Waals surface area contributed by atoms with Gasteiger partial charge in [-0.3, -0.25) is 4.79 Å². The van der Waals surface area contributed by atoms with E-state index in [2.05, 4.69) is 11.1 Å². The van der Waals surface area contributed by atoms with Crippen molar-refractivity contribution < 1.29 is 0 Å². The summed E-state index contributed by atoms with van der Waals surface area (Å²) in [6, 6.07) is 11.7. The number of aromatic nitrogens is 2. The number of hydrogen-bond acceptors (Lipinski definition) is 4. The third-order valence-corrected chi connectivity index (χ3v) is 3.13. The molecule has 0 fully saturated rings. The van der Waals surface area contributed by atoms with Crippen LogP contribution >= 0.6 is 0 Å². The molecule has 0 radical (unpaired) electrons. The molecule has 1 heterocycles. The van der Waals surface area contributed by atoms with Crippen LogP contribution in [0.25, 0.3) is 0 Å². The first-order valence-corrected chi connectivity index (χ1v) is 7.03. The van der Waals surface area contributed by atoms with Gasteiger partial charge in [-0.1, -0.05) is 25.1 Å². The van der Waals surface area contributed by atoms with Crippen molar-refractivity contribution in [3.05, 3.63) is 53.1 Å². The fourth-order valence-corrected chi connectivity index (χ4v) is 2.16. The standard InChI is InChI=1S/C16H18N4O/c1-2-11-19-13-10-18-15(16(19)21)20(12-6-9-17)14-7-4-3-5-8-14/h3-5,7-8,10,13H,2,6,11-12H2,1H3. The van der Waals surface area contributed by atoms with Gasteiger partial charge in [0.15, 0.2) is 5.82 Å². The van der Waals surface area contributed by atoms with Crippen molar-refractivity contribution in [2.75, 3.05) is 11.4 Å². The molecule has 2 aromatic rings. The van der Waals surface area contributed by atoms with Crippen molar-refractivity contribution in [1.29, 1.82) is 5.26 Å². The largest absolute Gasteiger partial charge is 0.321 e. The minimum absolute atomic E-state index is 0.124. The molecule has 5 heteroatoms. The first-order chi connectivity index (χ1) is 10.3. The van der Waals surface area contributed by atoms with Crippen LogP contribution in [0.3, 0.4) is 0 Å². The SMILES string of the molecule is CCCn1ccnc(N(CCC#N)c2ccccc2)c1=O. The Labute approximate surface area is 124 Å². The Kier molecular flexibility index (Phi) is 5.10. The molecule has 1 aromatic carbocycles. The first-order valence-electron chi connectivity index (χ1n) is 7.03. The van der Waals surface area contributed by atoms with Gasteiger partial charge >= 0.3 is 0 Å². The summed E-state index contributed by atoms with van der Waals surface area (Å²) in [5.74, 6) is 0.368. The number of para-hydroxylation sites is 1. The highest BCUT2D eigenvalue weighted by atomic mass is 16.1. The number of aryl methyl sites for hydroxylation is 1. The summed E-state index contributed by atoms with van der Waals surface area (Å²) in [6.07, 6.45) is 4.54. The van der Waals surface area contributed by atoms with Crippen LogP contribution in [0.4, 0.5) is 11.5 Å². The van der Waals surface area contributed by atoms with E-state index in [1.165, 1.54) is 0 Å². The van der Waals surface area contributed by atoms with E-state index in [9.17, 15) is 4.79 Å². The normalized spacial score (nSPS) is 10.1. The van der Waals surface area contributed by atoms with Gasteiger partial charge in [0, 0.05) is 31.2 Å². The summed E-state index contributed by atoms with van der Waals surface area (Å²) in [7, 11) is 0. The van der Waals surface area contributed by atoms with E-state index in [0.29, 0.717) is 25.3 Å². The average Bonchev–Trinajstić information content (AvgIpc) is 2.52. The van der Waals surface area contributed by atoms with Crippen LogP contribution in [0.15, 0.2) is 47.5 Å². The van der Waals surface area contributed by atoms with E-state index >= 15 is 0 Å². The third-order valence-electron chi connectivity index (χ3n) is 3.13. The van der Waals surface area contributed by atoms with E-state index in [1.54, 1.807) is 21.9 Å². The third kappa shape index (κ3) is 3.48. The summed E-state index contributed by atoms with van der Waals surface area (Å²) in [5, 5.41) is 8.84. The van der Waals surface area contributed by atoms with Crippen LogP contribution in [0.5, 0.6) is 0 Å². The van der Waals surface area contributed by atoms with E-state index in [-0.39, 0.29) is 5.56 Å². The van der Waals surface area contributed by atoms with Crippen LogP contribution in [-0.2, 0) is 6.54 Å². The lowest BCUT2D eigenvalue weighted by molar-refractivity contribution is 0.646. The second-order valence-corrected chi connectivity index (χ2v) is 4.64. The van der Waals surface area contributed by atoms with Gasteiger partial charge in [-0.15, -0.1) is 0 Å². The highest BCUT2D eigenvalue weighted by Crippen LogP contribution is 2.20. The van der Waals surface area contributed by atoms with Crippen LogP contribution < -0.4 is 10.5 Å². The van der Waals surface area contributed by atoms with E-state index in [4.69, 9.17) is 5.26 Å². The molecule has 0 aliphatic carbocycles. The molecule has 0 aliphatic heterocycles. The fraction of sp³-hybridized carbons (Fsp3) is 0.312. The van der Waals surface area contributed by atoms with Gasteiger partial charge in [-0.05, 0) is 18.6 Å². The number of benzene rings is 1. The number of nitrogens with zero attached hydrogens (tertiary/aromatic N) is 4. The van der Waals surface area contributed by atoms with E-state index < -0.39 is 0 Å². The number of anilines is 2. The monoisotopic (exact) mass is 282 g/mol. The lowest BCUT2D eigenvalue weighted by Crippen LogP contribution is -2.30. The minimum Gasteiger partial charge on any atom is -0.321 e. The van der Waals surface area contributed by atoms with Crippen LogP contribution in [0, 0.1) is 11.3 Å². The van der Waals surface area contributed by atoms with Crippen molar-refractivity contribution in [3.8, 4) is 6.07 Å². The molecule has 0 amide bonds. The molecule has 21 heavy (non-hydrogen) atoms. The molecular weight excluding hydrogens is 264 g/mol. The van der Waals surface area contributed by atoms with E-state index in [1.807, 2.05) is 37.3 Å². The maximum Gasteiger partial charge on any atom is 0.293 e. The zero-order valence-electron chi connectivity index (χ0n) is 12.1. The fourth-order valence-electron chi connectivity index (χ4n) is 2.16. The van der Waals surface area contributed by atoms with Crippen molar-refractivity contribution in [3.63, 3.8) is 0 Å². The maximum atomic E-state index is 12.5. The second kappa shape index (κ2) is 7.25. The van der Waals surface area contributed by atoms with Gasteiger partial charge in [-0.25, -0.2) is 4.98 Å². The first kappa shape index (κ1) is 14.8. The lowest BCUT2D eigenvalue weighted by Gasteiger charge is -2.22. The molecule has 0 atom stereocenters. The molecule has 0 saturated carbocycles. The Hall–Kier alpha value is -2.61. The Balaban J connectivity index is 2.45. The molecule has 1 aromatic heterocycles. The van der Waals surface area contributed by atoms with Gasteiger partial charge < -0.3 is 9.47 Å². The molecule has 0 aliphatic rings. The van der Waals surface area contributed by atoms with Crippen molar-refractivity contribution in [1.82, 2.24) is 9.55 Å². The van der Waals surface area contributed by atoms with Crippen molar-refractivity contribution in [2.24, 2.45) is 0 Å². The molecule has 0 unspecified atom stereocenters. The Morgan fingerprint density at radius 1 is 1.33 bits per heavy atom. The second-order valence-electron chi connectivity index (χ2n) is 4.64. The molecule has 0 saturated heterocycles. The number of rotatable bonds is 6. The summed E-state index contributed by atoms with van der Waals surface area (Å²) in [5.41, 5.74) is 0.743. The zero-order chi connectivity index (χ0) is 15.1. The number of hydrogen-bond donors (Lipinski definition) is 0.